The van der Waals surface area contributed by atoms with Crippen molar-refractivity contribution < 1.29 is 8.42 Å². The van der Waals surface area contributed by atoms with E-state index in [0.717, 1.165) is 11.1 Å². The van der Waals surface area contributed by atoms with Crippen LogP contribution < -0.4 is 4.72 Å². The molecule has 1 aromatic carbocycles. The van der Waals surface area contributed by atoms with Crippen LogP contribution in [0.5, 0.6) is 0 Å². The molecule has 0 unspecified atom stereocenters. The molecule has 3 aromatic heterocycles. The Kier molecular flexibility index (Phi) is 4.59. The van der Waals surface area contributed by atoms with E-state index in [-0.39, 0.29) is 16.1 Å². The Morgan fingerprint density at radius 3 is 2.47 bits per heavy atom. The molecular weight excluding hydrogens is 400 g/mol. The summed E-state index contributed by atoms with van der Waals surface area (Å²) >= 11 is 0. The Morgan fingerprint density at radius 2 is 1.87 bits per heavy atom. The molecule has 2 N–H and O–H groups in total. The monoisotopic (exact) mass is 420 g/mol. The maximum atomic E-state index is 13.0. The number of pyridine rings is 1. The van der Waals surface area contributed by atoms with Crippen molar-refractivity contribution in [2.45, 2.75) is 31.1 Å². The van der Waals surface area contributed by atoms with Crippen molar-refractivity contribution in [1.82, 2.24) is 19.8 Å². The predicted molar refractivity (Wildman–Crippen MR) is 113 cm³/mol. The number of anilines is 1. The van der Waals surface area contributed by atoms with Crippen LogP contribution in [-0.4, -0.2) is 28.2 Å². The average Bonchev–Trinajstić information content (AvgIpc) is 3.37. The summed E-state index contributed by atoms with van der Waals surface area (Å²) in [6.07, 6.45) is 3.28. The number of hydrogen-bond donors (Lipinski definition) is 2. The van der Waals surface area contributed by atoms with Crippen molar-refractivity contribution in [2.75, 3.05) is 4.72 Å². The normalized spacial score (nSPS) is 12.1. The second kappa shape index (κ2) is 7.00. The zero-order valence-electron chi connectivity index (χ0n) is 16.7. The Bertz CT molecular complexity index is 1360. The van der Waals surface area contributed by atoms with Crippen LogP contribution in [0.3, 0.4) is 0 Å². The number of hydrogen-bond acceptors (Lipinski definition) is 5. The minimum atomic E-state index is -3.84. The average molecular weight is 420 g/mol. The second-order valence-corrected chi connectivity index (χ2v) is 9.62. The molecule has 0 aliphatic rings. The Morgan fingerprint density at radius 1 is 1.13 bits per heavy atom. The SMILES string of the molecule is CC(C)(C)c1ccc(S(=O)(=O)Nc2ccc(C#N)c3cc(-c4cn[nH]c4)nn23)cc1. The Balaban J connectivity index is 1.75. The standard InChI is InChI=1S/C21H20N6O2S/c1-21(2,3)16-5-7-17(8-6-16)30(28,29)26-20-9-4-14(11-22)19-10-18(25-27(19)20)15-12-23-24-13-15/h4-10,12-13,26H,1-3H3,(H,23,24). The first kappa shape index (κ1) is 19.7. The van der Waals surface area contributed by atoms with Gasteiger partial charge in [-0.15, -0.1) is 0 Å². The molecule has 30 heavy (non-hydrogen) atoms. The molecule has 0 atom stereocenters. The van der Waals surface area contributed by atoms with E-state index in [0.29, 0.717) is 16.8 Å². The van der Waals surface area contributed by atoms with Crippen molar-refractivity contribution in [3.8, 4) is 17.3 Å². The highest BCUT2D eigenvalue weighted by molar-refractivity contribution is 7.92. The second-order valence-electron chi connectivity index (χ2n) is 7.94. The van der Waals surface area contributed by atoms with Crippen molar-refractivity contribution in [3.63, 3.8) is 0 Å². The minimum absolute atomic E-state index is 0.0758. The number of nitrogens with zero attached hydrogens (tertiary/aromatic N) is 4. The number of aromatic nitrogens is 4. The number of aromatic amines is 1. The summed E-state index contributed by atoms with van der Waals surface area (Å²) in [5.41, 5.74) is 3.15. The molecule has 4 rings (SSSR count). The van der Waals surface area contributed by atoms with Gasteiger partial charge in [-0.05, 0) is 41.3 Å². The Labute approximate surface area is 174 Å². The van der Waals surface area contributed by atoms with E-state index in [9.17, 15) is 13.7 Å². The molecule has 0 aliphatic carbocycles. The molecule has 0 saturated heterocycles. The summed E-state index contributed by atoms with van der Waals surface area (Å²) in [6, 6.07) is 13.7. The molecule has 8 nitrogen and oxygen atoms in total. The van der Waals surface area contributed by atoms with E-state index in [1.54, 1.807) is 36.7 Å². The molecular formula is C21H20N6O2S. The van der Waals surface area contributed by atoms with Crippen LogP contribution in [0.4, 0.5) is 5.82 Å². The predicted octanol–water partition coefficient (Wildman–Crippen LogP) is 3.69. The first-order chi connectivity index (χ1) is 14.2. The van der Waals surface area contributed by atoms with Crippen LogP contribution in [0.1, 0.15) is 31.9 Å². The summed E-state index contributed by atoms with van der Waals surface area (Å²) < 4.78 is 29.9. The van der Waals surface area contributed by atoms with E-state index in [2.05, 4.69) is 46.9 Å². The fraction of sp³-hybridized carbons (Fsp3) is 0.190. The molecule has 0 aliphatic heterocycles. The van der Waals surface area contributed by atoms with Gasteiger partial charge in [-0.3, -0.25) is 9.82 Å². The number of nitriles is 1. The highest BCUT2D eigenvalue weighted by Crippen LogP contribution is 2.27. The highest BCUT2D eigenvalue weighted by Gasteiger charge is 2.20. The molecule has 152 valence electrons. The fourth-order valence-corrected chi connectivity index (χ4v) is 4.15. The summed E-state index contributed by atoms with van der Waals surface area (Å²) in [5, 5.41) is 20.5. The number of H-pyrrole nitrogens is 1. The summed E-state index contributed by atoms with van der Waals surface area (Å²) in [4.78, 5) is 0.148. The zero-order chi connectivity index (χ0) is 21.5. The lowest BCUT2D eigenvalue weighted by Crippen LogP contribution is -2.17. The number of nitrogens with one attached hydrogen (secondary N) is 2. The van der Waals surface area contributed by atoms with Crippen molar-refractivity contribution in [1.29, 1.82) is 5.26 Å². The molecule has 0 fully saturated rings. The first-order valence-corrected chi connectivity index (χ1v) is 10.7. The van der Waals surface area contributed by atoms with Gasteiger partial charge in [-0.1, -0.05) is 32.9 Å². The van der Waals surface area contributed by atoms with Crippen LogP contribution in [-0.2, 0) is 15.4 Å². The van der Waals surface area contributed by atoms with Crippen molar-refractivity contribution in [3.05, 3.63) is 66.0 Å². The van der Waals surface area contributed by atoms with Crippen LogP contribution >= 0.6 is 0 Å². The van der Waals surface area contributed by atoms with Gasteiger partial charge < -0.3 is 0 Å². The lowest BCUT2D eigenvalue weighted by molar-refractivity contribution is 0.587. The molecule has 0 bridgehead atoms. The minimum Gasteiger partial charge on any atom is -0.285 e. The van der Waals surface area contributed by atoms with Crippen LogP contribution in [0, 0.1) is 11.3 Å². The topological polar surface area (TPSA) is 116 Å². The third-order valence-corrected chi connectivity index (χ3v) is 6.18. The van der Waals surface area contributed by atoms with Gasteiger partial charge >= 0.3 is 0 Å². The fourth-order valence-electron chi connectivity index (χ4n) is 3.11. The van der Waals surface area contributed by atoms with Gasteiger partial charge in [-0.2, -0.15) is 15.5 Å². The van der Waals surface area contributed by atoms with E-state index >= 15 is 0 Å². The molecule has 0 radical (unpaired) electrons. The van der Waals surface area contributed by atoms with Gasteiger partial charge in [0.05, 0.1) is 27.9 Å². The van der Waals surface area contributed by atoms with Crippen LogP contribution in [0.2, 0.25) is 0 Å². The van der Waals surface area contributed by atoms with E-state index < -0.39 is 10.0 Å². The van der Waals surface area contributed by atoms with Crippen LogP contribution in [0.15, 0.2) is 59.8 Å². The molecule has 4 aromatic rings. The van der Waals surface area contributed by atoms with E-state index in [1.807, 2.05) is 12.1 Å². The largest absolute Gasteiger partial charge is 0.285 e. The third-order valence-electron chi connectivity index (χ3n) is 4.81. The summed E-state index contributed by atoms with van der Waals surface area (Å²) in [7, 11) is -3.84. The lowest BCUT2D eigenvalue weighted by atomic mass is 9.87. The van der Waals surface area contributed by atoms with Gasteiger partial charge in [0, 0.05) is 11.8 Å². The number of fused-ring (bicyclic) bond motifs is 1. The van der Waals surface area contributed by atoms with Gasteiger partial charge in [-0.25, -0.2) is 12.9 Å². The Hall–Kier alpha value is -3.64. The van der Waals surface area contributed by atoms with E-state index in [1.165, 1.54) is 10.6 Å². The zero-order valence-corrected chi connectivity index (χ0v) is 17.5. The number of benzene rings is 1. The smallest absolute Gasteiger partial charge is 0.263 e. The number of sulfonamides is 1. The molecule has 9 heteroatoms. The lowest BCUT2D eigenvalue weighted by Gasteiger charge is -2.19. The maximum absolute atomic E-state index is 13.0. The highest BCUT2D eigenvalue weighted by atomic mass is 32.2. The van der Waals surface area contributed by atoms with Gasteiger partial charge in [0.15, 0.2) is 0 Å². The maximum Gasteiger partial charge on any atom is 0.263 e. The number of rotatable bonds is 4. The van der Waals surface area contributed by atoms with Gasteiger partial charge in [0.25, 0.3) is 10.0 Å². The summed E-state index contributed by atoms with van der Waals surface area (Å²) in [5.74, 6) is 0.235. The van der Waals surface area contributed by atoms with Gasteiger partial charge in [0.2, 0.25) is 0 Å². The quantitative estimate of drug-likeness (QED) is 0.522. The summed E-state index contributed by atoms with van der Waals surface area (Å²) in [6.45, 7) is 6.20. The molecule has 0 spiro atoms. The molecule has 0 amide bonds. The van der Waals surface area contributed by atoms with E-state index in [4.69, 9.17) is 0 Å². The third kappa shape index (κ3) is 3.53. The van der Waals surface area contributed by atoms with Gasteiger partial charge in [0.1, 0.15) is 11.9 Å². The molecule has 0 saturated carbocycles. The van der Waals surface area contributed by atoms with Crippen LogP contribution in [0.25, 0.3) is 16.8 Å². The van der Waals surface area contributed by atoms with Crippen molar-refractivity contribution in [2.24, 2.45) is 0 Å². The first-order valence-electron chi connectivity index (χ1n) is 9.24. The molecule has 3 heterocycles. The van der Waals surface area contributed by atoms with Crippen molar-refractivity contribution >= 4 is 21.4 Å².